The topological polar surface area (TPSA) is 165 Å². The van der Waals surface area contributed by atoms with E-state index >= 15 is 0 Å². The molecule has 0 atom stereocenters. The lowest BCUT2D eigenvalue weighted by Crippen LogP contribution is -2.30. The van der Waals surface area contributed by atoms with E-state index in [1.165, 1.54) is 24.3 Å². The number of carboxylic acids is 1. The molecule has 0 spiro atoms. The molecule has 212 valence electrons. The summed E-state index contributed by atoms with van der Waals surface area (Å²) in [5.74, 6) is -1.01. The van der Waals surface area contributed by atoms with E-state index in [4.69, 9.17) is 14.7 Å². The van der Waals surface area contributed by atoms with Gasteiger partial charge in [-0.25, -0.2) is 13.2 Å². The van der Waals surface area contributed by atoms with Gasteiger partial charge in [0.25, 0.3) is 0 Å². The average molecular weight is 581 g/mol. The number of ether oxygens (including phenoxy) is 1. The van der Waals surface area contributed by atoms with Gasteiger partial charge in [0.1, 0.15) is 5.75 Å². The summed E-state index contributed by atoms with van der Waals surface area (Å²) in [6.45, 7) is -1.61. The number of rotatable bonds is 12. The lowest BCUT2D eigenvalue weighted by Gasteiger charge is -2.19. The highest BCUT2D eigenvalue weighted by Gasteiger charge is 2.45. The summed E-state index contributed by atoms with van der Waals surface area (Å²) in [4.78, 5) is 30.5. The van der Waals surface area contributed by atoms with Gasteiger partial charge < -0.3 is 25.3 Å². The maximum atomic E-state index is 12.8. The number of nitrogens with zero attached hydrogens (tertiary/aromatic N) is 3. The van der Waals surface area contributed by atoms with Crippen molar-refractivity contribution in [1.29, 1.82) is 0 Å². The van der Waals surface area contributed by atoms with Gasteiger partial charge >= 0.3 is 18.2 Å². The molecule has 2 aliphatic rings. The molecular formula is C24H23F3N6O6S. The third kappa shape index (κ3) is 6.87. The lowest BCUT2D eigenvalue weighted by atomic mass is 10.1. The van der Waals surface area contributed by atoms with Crippen molar-refractivity contribution in [1.82, 2.24) is 19.8 Å². The predicted molar refractivity (Wildman–Crippen MR) is 135 cm³/mol. The zero-order valence-electron chi connectivity index (χ0n) is 20.6. The van der Waals surface area contributed by atoms with Gasteiger partial charge in [-0.15, -0.1) is 0 Å². The van der Waals surface area contributed by atoms with Crippen LogP contribution in [0.25, 0.3) is 0 Å². The number of alkyl halides is 3. The van der Waals surface area contributed by atoms with Crippen LogP contribution in [0.2, 0.25) is 0 Å². The Bertz CT molecular complexity index is 1490. The van der Waals surface area contributed by atoms with E-state index in [0.717, 1.165) is 5.56 Å². The molecule has 5 rings (SSSR count). The highest BCUT2D eigenvalue weighted by atomic mass is 32.2. The fraction of sp³-hybridized carbons (Fsp3) is 0.333. The molecule has 2 saturated carbocycles. The predicted octanol–water partition coefficient (Wildman–Crippen LogP) is 3.73. The molecule has 0 unspecified atom stereocenters. The number of benzene rings is 2. The molecule has 0 amide bonds. The van der Waals surface area contributed by atoms with E-state index < -0.39 is 45.6 Å². The zero-order valence-corrected chi connectivity index (χ0v) is 21.4. The smallest absolute Gasteiger partial charge is 0.422 e. The number of carbonyl (C=O) groups is 1. The van der Waals surface area contributed by atoms with Gasteiger partial charge in [0, 0.05) is 5.69 Å². The van der Waals surface area contributed by atoms with Crippen molar-refractivity contribution in [3.05, 3.63) is 59.7 Å². The standard InChI is InChI=1S/C24H23F3N6O6S/c25-24(26,27)13-38-22-30-20(28-16-5-1-14(2-6-16)19(34)35)29-21(31-22)32-23(11-12-23)15-3-7-17(8-4-15)39-33-40(36,37)18-9-10-18/h1-8,18,33H,9-13H2,(H,34,35)(H2,28,29,30,31,32). The van der Waals surface area contributed by atoms with Gasteiger partial charge in [0.05, 0.1) is 16.4 Å². The SMILES string of the molecule is O=C(O)c1ccc(Nc2nc(NC3(c4ccc(ONS(=O)(=O)C5CC5)cc4)CC3)nc(OCC(F)(F)F)n2)cc1. The first kappa shape index (κ1) is 27.4. The summed E-state index contributed by atoms with van der Waals surface area (Å²) in [5, 5.41) is 14.6. The van der Waals surface area contributed by atoms with Crippen molar-refractivity contribution in [3.8, 4) is 11.8 Å². The van der Waals surface area contributed by atoms with Crippen LogP contribution in [0.15, 0.2) is 48.5 Å². The van der Waals surface area contributed by atoms with Gasteiger partial charge in [0.15, 0.2) is 6.61 Å². The van der Waals surface area contributed by atoms with Crippen molar-refractivity contribution in [2.45, 2.75) is 42.6 Å². The molecule has 12 nitrogen and oxygen atoms in total. The molecule has 0 radical (unpaired) electrons. The minimum absolute atomic E-state index is 0.0464. The van der Waals surface area contributed by atoms with Crippen LogP contribution in [-0.2, 0) is 15.6 Å². The molecule has 0 saturated heterocycles. The van der Waals surface area contributed by atoms with Crippen molar-refractivity contribution in [2.24, 2.45) is 0 Å². The number of aromatic carboxylic acids is 1. The maximum absolute atomic E-state index is 12.8. The molecule has 3 aromatic rings. The van der Waals surface area contributed by atoms with E-state index in [2.05, 4.69) is 30.5 Å². The van der Waals surface area contributed by atoms with Gasteiger partial charge in [-0.1, -0.05) is 12.1 Å². The Morgan fingerprint density at radius 2 is 1.65 bits per heavy atom. The summed E-state index contributed by atoms with van der Waals surface area (Å²) >= 11 is 0. The van der Waals surface area contributed by atoms with E-state index in [1.54, 1.807) is 24.3 Å². The summed E-state index contributed by atoms with van der Waals surface area (Å²) in [6.07, 6.45) is -2.11. The Morgan fingerprint density at radius 3 is 2.23 bits per heavy atom. The Labute approximate surface area is 226 Å². The number of nitrogens with one attached hydrogen (secondary N) is 3. The third-order valence-electron chi connectivity index (χ3n) is 6.11. The number of anilines is 3. The second kappa shape index (κ2) is 10.4. The van der Waals surface area contributed by atoms with Gasteiger partial charge in [-0.05, 0) is 72.5 Å². The first-order chi connectivity index (χ1) is 18.9. The van der Waals surface area contributed by atoms with E-state index in [9.17, 15) is 26.4 Å². The Balaban J connectivity index is 1.32. The van der Waals surface area contributed by atoms with Crippen LogP contribution < -0.4 is 25.1 Å². The molecule has 2 fully saturated rings. The molecule has 4 N–H and O–H groups in total. The fourth-order valence-electron chi connectivity index (χ4n) is 3.72. The molecular weight excluding hydrogens is 557 g/mol. The summed E-state index contributed by atoms with van der Waals surface area (Å²) in [5.41, 5.74) is 0.597. The Kier molecular flexibility index (Phi) is 7.14. The number of hydrogen-bond donors (Lipinski definition) is 4. The molecule has 0 bridgehead atoms. The molecule has 40 heavy (non-hydrogen) atoms. The lowest BCUT2D eigenvalue weighted by molar-refractivity contribution is -0.154. The number of sulfonamides is 1. The van der Waals surface area contributed by atoms with E-state index in [0.29, 0.717) is 31.4 Å². The number of carboxylic acid groups (broad SMARTS) is 1. The third-order valence-corrected chi connectivity index (χ3v) is 7.78. The van der Waals surface area contributed by atoms with Crippen LogP contribution >= 0.6 is 0 Å². The molecule has 0 aliphatic heterocycles. The van der Waals surface area contributed by atoms with E-state index in [-0.39, 0.29) is 23.2 Å². The Hall–Kier alpha value is -4.18. The maximum Gasteiger partial charge on any atom is 0.422 e. The van der Waals surface area contributed by atoms with Crippen LogP contribution in [0, 0.1) is 0 Å². The minimum atomic E-state index is -4.62. The molecule has 1 heterocycles. The number of aromatic nitrogens is 3. The van der Waals surface area contributed by atoms with Crippen LogP contribution in [0.1, 0.15) is 41.6 Å². The second-order valence-corrected chi connectivity index (χ2v) is 11.3. The highest BCUT2D eigenvalue weighted by molar-refractivity contribution is 7.90. The fourth-order valence-corrected chi connectivity index (χ4v) is 4.83. The van der Waals surface area contributed by atoms with Gasteiger partial charge in [-0.3, -0.25) is 0 Å². The number of hydrogen-bond acceptors (Lipinski definition) is 10. The summed E-state index contributed by atoms with van der Waals surface area (Å²) < 4.78 is 67.0. The van der Waals surface area contributed by atoms with Crippen molar-refractivity contribution < 1.29 is 41.1 Å². The first-order valence-corrected chi connectivity index (χ1v) is 13.6. The van der Waals surface area contributed by atoms with Gasteiger partial charge in [-0.2, -0.15) is 28.1 Å². The second-order valence-electron chi connectivity index (χ2n) is 9.34. The summed E-state index contributed by atoms with van der Waals surface area (Å²) in [6, 6.07) is 11.7. The molecule has 1 aromatic heterocycles. The largest absolute Gasteiger partial charge is 0.478 e. The van der Waals surface area contributed by atoms with Crippen molar-refractivity contribution >= 4 is 33.6 Å². The minimum Gasteiger partial charge on any atom is -0.478 e. The zero-order chi connectivity index (χ0) is 28.5. The quantitative estimate of drug-likeness (QED) is 0.231. The van der Waals surface area contributed by atoms with Crippen molar-refractivity contribution in [2.75, 3.05) is 17.2 Å². The average Bonchev–Trinajstić information content (AvgIpc) is 3.82. The first-order valence-electron chi connectivity index (χ1n) is 12.0. The van der Waals surface area contributed by atoms with Crippen LogP contribution in [0.3, 0.4) is 0 Å². The van der Waals surface area contributed by atoms with Gasteiger partial charge in [0.2, 0.25) is 21.9 Å². The monoisotopic (exact) mass is 580 g/mol. The summed E-state index contributed by atoms with van der Waals surface area (Å²) in [7, 11) is -3.52. The highest BCUT2D eigenvalue weighted by Crippen LogP contribution is 2.48. The Morgan fingerprint density at radius 1 is 1.00 bits per heavy atom. The molecule has 2 aliphatic carbocycles. The van der Waals surface area contributed by atoms with E-state index in [1.807, 2.05) is 0 Å². The van der Waals surface area contributed by atoms with Crippen molar-refractivity contribution in [3.63, 3.8) is 0 Å². The molecule has 2 aromatic carbocycles. The normalized spacial score (nSPS) is 16.2. The van der Waals surface area contributed by atoms with Crippen LogP contribution in [-0.4, -0.2) is 52.5 Å². The molecule has 16 heteroatoms. The number of halogens is 3. The van der Waals surface area contributed by atoms with Crippen LogP contribution in [0.5, 0.6) is 11.8 Å². The van der Waals surface area contributed by atoms with Crippen LogP contribution in [0.4, 0.5) is 30.8 Å².